The van der Waals surface area contributed by atoms with Gasteiger partial charge in [-0.1, -0.05) is 24.2 Å². The number of carbonyl (C=O) groups is 1. The number of benzene rings is 1. The van der Waals surface area contributed by atoms with Crippen LogP contribution in [0.4, 0.5) is 10.3 Å². The van der Waals surface area contributed by atoms with Crippen molar-refractivity contribution in [1.82, 2.24) is 10.1 Å². The second-order valence-electron chi connectivity index (χ2n) is 7.11. The van der Waals surface area contributed by atoms with E-state index >= 15 is 0 Å². The molecule has 1 aliphatic rings. The number of hydrogen-bond acceptors (Lipinski definition) is 6. The van der Waals surface area contributed by atoms with Gasteiger partial charge in [-0.2, -0.15) is 0 Å². The zero-order valence-electron chi connectivity index (χ0n) is 17.2. The summed E-state index contributed by atoms with van der Waals surface area (Å²) in [7, 11) is 1.50. The Morgan fingerprint density at radius 2 is 2.07 bits per heavy atom. The van der Waals surface area contributed by atoms with Crippen LogP contribution in [0.2, 0.25) is 0 Å². The van der Waals surface area contributed by atoms with E-state index in [1.807, 2.05) is 18.7 Å². The Kier molecular flexibility index (Phi) is 7.22. The van der Waals surface area contributed by atoms with Crippen molar-refractivity contribution in [3.05, 3.63) is 35.6 Å². The summed E-state index contributed by atoms with van der Waals surface area (Å²) in [5.74, 6) is 0.0504. The van der Waals surface area contributed by atoms with E-state index < -0.39 is 0 Å². The fourth-order valence-electron chi connectivity index (χ4n) is 3.41. The maximum atomic E-state index is 14.5. The minimum atomic E-state index is -0.381. The highest BCUT2D eigenvalue weighted by Gasteiger charge is 2.29. The van der Waals surface area contributed by atoms with Crippen LogP contribution in [-0.2, 0) is 20.8 Å². The van der Waals surface area contributed by atoms with E-state index in [0.717, 1.165) is 6.42 Å². The zero-order chi connectivity index (χ0) is 20.8. The van der Waals surface area contributed by atoms with Gasteiger partial charge in [-0.05, 0) is 25.5 Å². The van der Waals surface area contributed by atoms with Gasteiger partial charge in [0.2, 0.25) is 11.8 Å². The van der Waals surface area contributed by atoms with Crippen molar-refractivity contribution in [2.45, 2.75) is 32.9 Å². The lowest BCUT2D eigenvalue weighted by Gasteiger charge is -2.31. The molecule has 2 aromatic rings. The normalized spacial score (nSPS) is 15.4. The monoisotopic (exact) mass is 405 g/mol. The summed E-state index contributed by atoms with van der Waals surface area (Å²) >= 11 is 0. The first-order chi connectivity index (χ1) is 14.1. The van der Waals surface area contributed by atoms with Crippen molar-refractivity contribution >= 4 is 11.8 Å². The van der Waals surface area contributed by atoms with Crippen LogP contribution in [0.5, 0.6) is 0 Å². The highest BCUT2D eigenvalue weighted by atomic mass is 19.1. The van der Waals surface area contributed by atoms with E-state index in [1.54, 1.807) is 23.1 Å². The van der Waals surface area contributed by atoms with Crippen molar-refractivity contribution in [3.63, 3.8) is 0 Å². The Bertz CT molecular complexity index is 820. The first-order valence-electron chi connectivity index (χ1n) is 9.91. The highest BCUT2D eigenvalue weighted by Crippen LogP contribution is 2.34. The third-order valence-electron chi connectivity index (χ3n) is 5.23. The average molecular weight is 405 g/mol. The quantitative estimate of drug-likeness (QED) is 0.672. The third kappa shape index (κ3) is 4.76. The molecule has 0 spiro atoms. The smallest absolute Gasteiger partial charge is 0.249 e. The summed E-state index contributed by atoms with van der Waals surface area (Å²) < 4.78 is 30.7. The average Bonchev–Trinajstić information content (AvgIpc) is 3.16. The minimum absolute atomic E-state index is 0.0152. The molecular formula is C21H28FN3O4. The summed E-state index contributed by atoms with van der Waals surface area (Å²) in [5.41, 5.74) is 1.47. The van der Waals surface area contributed by atoms with Gasteiger partial charge in [-0.3, -0.25) is 4.79 Å². The lowest BCUT2D eigenvalue weighted by atomic mass is 10.0. The molecule has 158 valence electrons. The van der Waals surface area contributed by atoms with Crippen LogP contribution in [0.25, 0.3) is 11.3 Å². The Labute approximate surface area is 170 Å². The molecule has 1 aromatic carbocycles. The Balaban J connectivity index is 2.04. The first kappa shape index (κ1) is 21.3. The van der Waals surface area contributed by atoms with Gasteiger partial charge in [0.05, 0.1) is 25.3 Å². The van der Waals surface area contributed by atoms with Gasteiger partial charge < -0.3 is 23.8 Å². The number of halogens is 1. The van der Waals surface area contributed by atoms with Crippen LogP contribution < -0.4 is 4.90 Å². The number of carbonyl (C=O) groups excluding carboxylic acids is 1. The topological polar surface area (TPSA) is 68.0 Å². The van der Waals surface area contributed by atoms with Crippen LogP contribution in [-0.4, -0.2) is 62.0 Å². The van der Waals surface area contributed by atoms with Crippen LogP contribution >= 0.6 is 0 Å². The first-order valence-corrected chi connectivity index (χ1v) is 9.91. The number of morpholine rings is 1. The number of ether oxygens (including phenoxy) is 2. The second-order valence-corrected chi connectivity index (χ2v) is 7.11. The van der Waals surface area contributed by atoms with E-state index in [9.17, 15) is 9.18 Å². The van der Waals surface area contributed by atoms with Gasteiger partial charge in [-0.25, -0.2) is 4.39 Å². The Morgan fingerprint density at radius 1 is 1.34 bits per heavy atom. The van der Waals surface area contributed by atoms with Crippen molar-refractivity contribution in [2.24, 2.45) is 0 Å². The van der Waals surface area contributed by atoms with Gasteiger partial charge in [0.25, 0.3) is 0 Å². The second kappa shape index (κ2) is 9.84. The molecule has 0 bridgehead atoms. The molecule has 0 N–H and O–H groups in total. The summed E-state index contributed by atoms with van der Waals surface area (Å²) in [6.07, 6.45) is 0.780. The molecule has 29 heavy (non-hydrogen) atoms. The number of aromatic nitrogens is 1. The van der Waals surface area contributed by atoms with Crippen LogP contribution in [0, 0.1) is 5.82 Å². The molecule has 1 aromatic heterocycles. The van der Waals surface area contributed by atoms with E-state index in [0.29, 0.717) is 49.0 Å². The number of hydrogen-bond donors (Lipinski definition) is 0. The summed E-state index contributed by atoms with van der Waals surface area (Å²) in [6.45, 7) is 6.70. The highest BCUT2D eigenvalue weighted by molar-refractivity contribution is 5.78. The maximum absolute atomic E-state index is 14.5. The van der Waals surface area contributed by atoms with Crippen LogP contribution in [0.3, 0.4) is 0 Å². The van der Waals surface area contributed by atoms with Gasteiger partial charge in [-0.15, -0.1) is 0 Å². The molecule has 1 amide bonds. The minimum Gasteiger partial charge on any atom is -0.378 e. The SMILES string of the molecule is CCC(C)N(Cc1c(-c2ccccc2F)noc1N1CCOCC1)C(=O)COC. The van der Waals surface area contributed by atoms with E-state index in [4.69, 9.17) is 14.0 Å². The lowest BCUT2D eigenvalue weighted by Crippen LogP contribution is -2.41. The van der Waals surface area contributed by atoms with Crippen molar-refractivity contribution in [2.75, 3.05) is 44.9 Å². The van der Waals surface area contributed by atoms with Crippen molar-refractivity contribution in [3.8, 4) is 11.3 Å². The number of rotatable bonds is 8. The van der Waals surface area contributed by atoms with Gasteiger partial charge in [0.1, 0.15) is 18.1 Å². The molecule has 7 nitrogen and oxygen atoms in total. The van der Waals surface area contributed by atoms with Crippen LogP contribution in [0.15, 0.2) is 28.8 Å². The fourth-order valence-corrected chi connectivity index (χ4v) is 3.41. The summed E-state index contributed by atoms with van der Waals surface area (Å²) in [5, 5.41) is 4.20. The molecule has 0 aliphatic carbocycles. The Morgan fingerprint density at radius 3 is 2.72 bits per heavy atom. The molecule has 0 saturated carbocycles. The van der Waals surface area contributed by atoms with Gasteiger partial charge in [0, 0.05) is 31.8 Å². The summed E-state index contributed by atoms with van der Waals surface area (Å²) in [4.78, 5) is 16.5. The molecule has 3 rings (SSSR count). The molecule has 1 unspecified atom stereocenters. The molecule has 8 heteroatoms. The van der Waals surface area contributed by atoms with Crippen molar-refractivity contribution < 1.29 is 23.2 Å². The van der Waals surface area contributed by atoms with Gasteiger partial charge in [0.15, 0.2) is 0 Å². The summed E-state index contributed by atoms with van der Waals surface area (Å²) in [6, 6.07) is 6.44. The van der Waals surface area contributed by atoms with E-state index in [1.165, 1.54) is 13.2 Å². The lowest BCUT2D eigenvalue weighted by molar-refractivity contribution is -0.138. The molecule has 1 aliphatic heterocycles. The third-order valence-corrected chi connectivity index (χ3v) is 5.23. The molecule has 2 heterocycles. The number of nitrogens with zero attached hydrogens (tertiary/aromatic N) is 3. The predicted molar refractivity (Wildman–Crippen MR) is 107 cm³/mol. The van der Waals surface area contributed by atoms with E-state index in [2.05, 4.69) is 5.16 Å². The predicted octanol–water partition coefficient (Wildman–Crippen LogP) is 3.09. The number of methoxy groups -OCH3 is 1. The molecular weight excluding hydrogens is 377 g/mol. The molecule has 0 radical (unpaired) electrons. The fraction of sp³-hybridized carbons (Fsp3) is 0.524. The van der Waals surface area contributed by atoms with Crippen LogP contribution in [0.1, 0.15) is 25.8 Å². The van der Waals surface area contributed by atoms with Gasteiger partial charge >= 0.3 is 0 Å². The van der Waals surface area contributed by atoms with Crippen molar-refractivity contribution in [1.29, 1.82) is 0 Å². The molecule has 1 saturated heterocycles. The zero-order valence-corrected chi connectivity index (χ0v) is 17.2. The number of amides is 1. The largest absolute Gasteiger partial charge is 0.378 e. The standard InChI is InChI=1S/C21H28FN3O4/c1-4-15(2)25(19(26)14-27-3)13-17-20(16-7-5-6-8-18(16)22)23-29-21(17)24-9-11-28-12-10-24/h5-8,15H,4,9-14H2,1-3H3. The molecule has 1 fully saturated rings. The molecule has 1 atom stereocenters. The van der Waals surface area contributed by atoms with E-state index in [-0.39, 0.29) is 30.9 Å². The Hall–Kier alpha value is -2.45. The number of anilines is 1. The maximum Gasteiger partial charge on any atom is 0.249 e.